The predicted molar refractivity (Wildman–Crippen MR) is 145 cm³/mol. The second kappa shape index (κ2) is 17.9. The average molecular weight is 777 g/mol. The molecule has 218 valence electrons. The van der Waals surface area contributed by atoms with Crippen LogP contribution in [0, 0.1) is 31.1 Å². The van der Waals surface area contributed by atoms with Crippen LogP contribution in [0.3, 0.4) is 0 Å². The van der Waals surface area contributed by atoms with Gasteiger partial charge < -0.3 is 27.0 Å². The van der Waals surface area contributed by atoms with Crippen LogP contribution >= 0.6 is 0 Å². The maximum Gasteiger partial charge on any atom is 0.253 e. The molecule has 0 spiro atoms. The zero-order valence-electron chi connectivity index (χ0n) is 21.4. The first-order valence-electron chi connectivity index (χ1n) is 12.1. The van der Waals surface area contributed by atoms with Crippen molar-refractivity contribution in [3.8, 4) is 0 Å². The Kier molecular flexibility index (Phi) is 15.4. The molecule has 1 aromatic rings. The number of benzene rings is 1. The van der Waals surface area contributed by atoms with Crippen LogP contribution in [0.5, 0.6) is 0 Å². The Morgan fingerprint density at radius 1 is 0.795 bits per heavy atom. The number of nitrogens with zero attached hydrogens (tertiary/aromatic N) is 1. The van der Waals surface area contributed by atoms with Crippen LogP contribution in [-0.2, 0) is 40.0 Å². The maximum absolute atomic E-state index is 12.4. The Labute approximate surface area is 256 Å². The molecule has 1 aliphatic heterocycles. The molecule has 13 nitrogen and oxygen atoms in total. The smallest absolute Gasteiger partial charge is 0.253 e. The first kappa shape index (κ1) is 33.5. The molecule has 1 atom stereocenters. The van der Waals surface area contributed by atoms with Crippen molar-refractivity contribution in [2.24, 2.45) is 5.73 Å². The predicted octanol–water partition coefficient (Wildman–Crippen LogP) is -0.737. The number of hydrogen-bond donors (Lipinski definition) is 5. The van der Waals surface area contributed by atoms with Gasteiger partial charge in [0.05, 0.1) is 19.6 Å². The second-order valence-corrected chi connectivity index (χ2v) is 8.52. The van der Waals surface area contributed by atoms with E-state index in [0.29, 0.717) is 19.3 Å². The third kappa shape index (κ3) is 13.2. The number of rotatable bonds is 16. The summed E-state index contributed by atoms with van der Waals surface area (Å²) in [6.45, 7) is -0.853. The van der Waals surface area contributed by atoms with Crippen molar-refractivity contribution in [1.82, 2.24) is 26.2 Å². The van der Waals surface area contributed by atoms with E-state index in [-0.39, 0.29) is 88.4 Å². The van der Waals surface area contributed by atoms with E-state index < -0.39 is 36.2 Å². The van der Waals surface area contributed by atoms with E-state index in [0.717, 1.165) is 10.5 Å². The summed E-state index contributed by atoms with van der Waals surface area (Å²) < 4.78 is 0. The molecular weight excluding hydrogens is 734 g/mol. The zero-order chi connectivity index (χ0) is 27.9. The van der Waals surface area contributed by atoms with Gasteiger partial charge in [-0.25, -0.2) is 0 Å². The van der Waals surface area contributed by atoms with E-state index in [4.69, 9.17) is 5.73 Å². The molecular formula is C25H42N6O7U. The van der Waals surface area contributed by atoms with Gasteiger partial charge >= 0.3 is 0 Å². The summed E-state index contributed by atoms with van der Waals surface area (Å²) in [5.74, 6) is -3.60. The molecule has 14 heteroatoms. The Hall–Kier alpha value is -3.50. The normalized spacial score (nSPS) is 12.8. The first-order chi connectivity index (χ1) is 18.2. The van der Waals surface area contributed by atoms with Gasteiger partial charge in [-0.05, 0) is 18.4 Å². The number of carbonyl (C=O) groups is 7. The minimum atomic E-state index is -1.00. The number of amides is 7. The van der Waals surface area contributed by atoms with Crippen LogP contribution in [0.1, 0.15) is 38.4 Å². The van der Waals surface area contributed by atoms with Crippen LogP contribution in [0.2, 0.25) is 0 Å². The van der Waals surface area contributed by atoms with Crippen molar-refractivity contribution < 1.29 is 71.8 Å². The summed E-state index contributed by atoms with van der Waals surface area (Å²) in [6.07, 6.45) is 4.45. The quantitative estimate of drug-likeness (QED) is 0.108. The van der Waals surface area contributed by atoms with Gasteiger partial charge in [0.15, 0.2) is 0 Å². The van der Waals surface area contributed by atoms with E-state index in [9.17, 15) is 33.6 Å². The van der Waals surface area contributed by atoms with E-state index >= 15 is 0 Å². The largest absolute Gasteiger partial charge is 0.368 e. The van der Waals surface area contributed by atoms with Crippen LogP contribution in [0.25, 0.3) is 0 Å². The fraction of sp³-hybridized carbons (Fsp3) is 0.400. The summed E-state index contributed by atoms with van der Waals surface area (Å²) in [4.78, 5) is 83.7. The molecule has 0 saturated heterocycles. The van der Waals surface area contributed by atoms with Crippen LogP contribution in [-0.4, -0.2) is 78.5 Å². The molecule has 0 fully saturated rings. The Morgan fingerprint density at radius 3 is 2.05 bits per heavy atom. The summed E-state index contributed by atoms with van der Waals surface area (Å²) in [5.41, 5.74) is 5.83. The van der Waals surface area contributed by atoms with Crippen LogP contribution in [0.4, 0.5) is 0 Å². The van der Waals surface area contributed by atoms with Crippen LogP contribution < -0.4 is 27.0 Å². The molecule has 0 aromatic heterocycles. The van der Waals surface area contributed by atoms with Gasteiger partial charge in [-0.3, -0.25) is 38.5 Å². The van der Waals surface area contributed by atoms with Crippen LogP contribution in [0.15, 0.2) is 42.5 Å². The summed E-state index contributed by atoms with van der Waals surface area (Å²) >= 11 is 0. The molecule has 0 saturated carbocycles. The first-order valence-corrected chi connectivity index (χ1v) is 12.1. The van der Waals surface area contributed by atoms with Crippen molar-refractivity contribution in [3.63, 3.8) is 0 Å². The van der Waals surface area contributed by atoms with Gasteiger partial charge in [0, 0.05) is 69.8 Å². The van der Waals surface area contributed by atoms with Gasteiger partial charge in [-0.1, -0.05) is 36.8 Å². The molecule has 1 heterocycles. The van der Waals surface area contributed by atoms with Gasteiger partial charge in [0.2, 0.25) is 29.5 Å². The molecule has 0 bridgehead atoms. The molecule has 0 aliphatic carbocycles. The molecule has 0 radical (unpaired) electrons. The SMILES string of the molecule is NC(=O)CNC(=O)[C@H](Cc1ccccc1)NC(=O)CNC(=O)CNC(=O)CCCCCN1C(=O)C=CC1=O.[HH].[HH].[HH].[HH].[HH].[U]. The molecule has 0 unspecified atom stereocenters. The van der Waals surface area contributed by atoms with Crippen molar-refractivity contribution in [3.05, 3.63) is 48.0 Å². The monoisotopic (exact) mass is 776 g/mol. The Balaban J connectivity index is -0.000000845. The number of nitrogens with two attached hydrogens (primary N) is 1. The topological polar surface area (TPSA) is 197 Å². The zero-order valence-corrected chi connectivity index (χ0v) is 25.5. The second-order valence-electron chi connectivity index (χ2n) is 8.52. The molecule has 1 aliphatic rings. The molecule has 2 rings (SSSR count). The van der Waals surface area contributed by atoms with Gasteiger partial charge in [0.25, 0.3) is 11.8 Å². The molecule has 1 aromatic carbocycles. The van der Waals surface area contributed by atoms with Crippen molar-refractivity contribution in [2.45, 2.75) is 38.1 Å². The molecule has 6 N–H and O–H groups in total. The van der Waals surface area contributed by atoms with Crippen molar-refractivity contribution in [1.29, 1.82) is 0 Å². The van der Waals surface area contributed by atoms with E-state index in [2.05, 4.69) is 21.3 Å². The number of nitrogens with one attached hydrogen (secondary N) is 4. The standard InChI is InChI=1S/C25H32N6O7.U.5H2/c26-19(32)14-29-25(38)18(13-17-7-3-1-4-8-17)30-22(35)16-28-21(34)15-27-20(33)9-5-2-6-12-31-23(36)10-11-24(31)37;;;;;;/h1,3-4,7-8,10-11,18H,2,5-6,9,12-16H2,(H2,26,32)(H,27,33)(H,28,34)(H,29,38)(H,30,35);;5*1H/t18-;;;;;;/m0....../s1. The van der Waals surface area contributed by atoms with E-state index in [1.54, 1.807) is 30.3 Å². The third-order valence-corrected chi connectivity index (χ3v) is 5.45. The fourth-order valence-electron chi connectivity index (χ4n) is 3.49. The minimum Gasteiger partial charge on any atom is -0.368 e. The number of hydrogen-bond acceptors (Lipinski definition) is 7. The number of carbonyl (C=O) groups excluding carboxylic acids is 7. The van der Waals surface area contributed by atoms with Crippen molar-refractivity contribution in [2.75, 3.05) is 26.2 Å². The Morgan fingerprint density at radius 2 is 1.41 bits per heavy atom. The maximum atomic E-state index is 12.4. The number of unbranched alkanes of at least 4 members (excludes halogenated alkanes) is 2. The van der Waals surface area contributed by atoms with Gasteiger partial charge in [-0.15, -0.1) is 0 Å². The Bertz CT molecular complexity index is 1080. The van der Waals surface area contributed by atoms with E-state index in [1.807, 2.05) is 0 Å². The number of imide groups is 1. The van der Waals surface area contributed by atoms with E-state index in [1.165, 1.54) is 12.2 Å². The fourth-order valence-corrected chi connectivity index (χ4v) is 3.49. The summed E-state index contributed by atoms with van der Waals surface area (Å²) in [5, 5.41) is 9.69. The molecule has 39 heavy (non-hydrogen) atoms. The number of primary amides is 1. The third-order valence-electron chi connectivity index (χ3n) is 5.45. The van der Waals surface area contributed by atoms with Crippen molar-refractivity contribution >= 4 is 41.4 Å². The van der Waals surface area contributed by atoms with Gasteiger partial charge in [-0.2, -0.15) is 0 Å². The summed E-state index contributed by atoms with van der Waals surface area (Å²) in [7, 11) is 0. The summed E-state index contributed by atoms with van der Waals surface area (Å²) in [6, 6.07) is 7.91. The van der Waals surface area contributed by atoms with Gasteiger partial charge in [0.1, 0.15) is 6.04 Å². The molecule has 7 amide bonds. The minimum absolute atomic E-state index is 0. The average Bonchev–Trinajstić information content (AvgIpc) is 3.21.